The van der Waals surface area contributed by atoms with Crippen LogP contribution >= 0.6 is 34.8 Å². The van der Waals surface area contributed by atoms with E-state index in [0.717, 1.165) is 0 Å². The molecule has 0 atom stereocenters. The number of ether oxygens (including phenoxy) is 1. The number of hydrogen-bond acceptors (Lipinski definition) is 2. The van der Waals surface area contributed by atoms with Crippen molar-refractivity contribution in [3.63, 3.8) is 0 Å². The summed E-state index contributed by atoms with van der Waals surface area (Å²) < 4.78 is 4.55. The van der Waals surface area contributed by atoms with Gasteiger partial charge in [0.15, 0.2) is 0 Å². The molecule has 1 aromatic rings. The van der Waals surface area contributed by atoms with E-state index in [-0.39, 0.29) is 6.61 Å². The zero-order chi connectivity index (χ0) is 9.84. The Morgan fingerprint density at radius 2 is 1.85 bits per heavy atom. The van der Waals surface area contributed by atoms with Gasteiger partial charge < -0.3 is 4.74 Å². The van der Waals surface area contributed by atoms with Crippen LogP contribution in [0.4, 0.5) is 4.79 Å². The first-order valence-electron chi connectivity index (χ1n) is 3.36. The second-order valence-electron chi connectivity index (χ2n) is 2.23. The molecular formula is C8H5Cl3O2. The van der Waals surface area contributed by atoms with Crippen LogP contribution in [-0.4, -0.2) is 5.43 Å². The smallest absolute Gasteiger partial charge is 0.404 e. The van der Waals surface area contributed by atoms with Gasteiger partial charge in [0.05, 0.1) is 0 Å². The predicted octanol–water partition coefficient (Wildman–Crippen LogP) is 3.87. The lowest BCUT2D eigenvalue weighted by Crippen LogP contribution is -1.96. The molecule has 0 radical (unpaired) electrons. The van der Waals surface area contributed by atoms with Gasteiger partial charge in [-0.3, -0.25) is 0 Å². The molecule has 0 heterocycles. The van der Waals surface area contributed by atoms with Gasteiger partial charge in [0.1, 0.15) is 6.61 Å². The van der Waals surface area contributed by atoms with Crippen molar-refractivity contribution in [1.29, 1.82) is 0 Å². The fourth-order valence-electron chi connectivity index (χ4n) is 0.799. The lowest BCUT2D eigenvalue weighted by atomic mass is 10.2. The summed E-state index contributed by atoms with van der Waals surface area (Å²) in [6.45, 7) is -0.0131. The molecule has 2 nitrogen and oxygen atoms in total. The van der Waals surface area contributed by atoms with E-state index in [1.165, 1.54) is 0 Å². The number of halogens is 3. The van der Waals surface area contributed by atoms with Crippen LogP contribution in [0.2, 0.25) is 10.0 Å². The zero-order valence-electron chi connectivity index (χ0n) is 6.39. The molecule has 70 valence electrons. The van der Waals surface area contributed by atoms with Crippen molar-refractivity contribution in [1.82, 2.24) is 0 Å². The highest BCUT2D eigenvalue weighted by Crippen LogP contribution is 2.24. The lowest BCUT2D eigenvalue weighted by Gasteiger charge is -2.05. The van der Waals surface area contributed by atoms with Crippen LogP contribution in [0, 0.1) is 0 Å². The summed E-state index contributed by atoms with van der Waals surface area (Å²) in [5, 5.41) is 0.899. The highest BCUT2D eigenvalue weighted by molar-refractivity contribution is 6.61. The fraction of sp³-hybridized carbons (Fsp3) is 0.125. The largest absolute Gasteiger partial charge is 0.449 e. The summed E-state index contributed by atoms with van der Waals surface area (Å²) in [5.41, 5.74) is -0.323. The molecule has 0 aliphatic rings. The minimum absolute atomic E-state index is 0.0131. The van der Waals surface area contributed by atoms with Crippen LogP contribution < -0.4 is 0 Å². The predicted molar refractivity (Wildman–Crippen MR) is 52.5 cm³/mol. The summed E-state index contributed by atoms with van der Waals surface area (Å²) in [6, 6.07) is 5.02. The van der Waals surface area contributed by atoms with Gasteiger partial charge in [-0.05, 0) is 12.1 Å². The maximum Gasteiger partial charge on any atom is 0.404 e. The molecule has 0 bridgehead atoms. The Hall–Kier alpha value is -0.440. The first-order chi connectivity index (χ1) is 6.11. The van der Waals surface area contributed by atoms with Gasteiger partial charge >= 0.3 is 5.43 Å². The van der Waals surface area contributed by atoms with Crippen molar-refractivity contribution in [2.24, 2.45) is 0 Å². The minimum atomic E-state index is -0.879. The minimum Gasteiger partial charge on any atom is -0.449 e. The average molecular weight is 239 g/mol. The second kappa shape index (κ2) is 4.70. The molecule has 0 saturated heterocycles. The van der Waals surface area contributed by atoms with Crippen LogP contribution in [-0.2, 0) is 11.3 Å². The Morgan fingerprint density at radius 1 is 1.31 bits per heavy atom. The van der Waals surface area contributed by atoms with E-state index in [2.05, 4.69) is 4.74 Å². The molecule has 0 amide bonds. The van der Waals surface area contributed by atoms with Crippen LogP contribution in [0.1, 0.15) is 5.56 Å². The van der Waals surface area contributed by atoms with E-state index < -0.39 is 5.43 Å². The number of hydrogen-bond donors (Lipinski definition) is 0. The van der Waals surface area contributed by atoms with Crippen molar-refractivity contribution in [2.75, 3.05) is 0 Å². The molecule has 0 fully saturated rings. The standard InChI is InChI=1S/C8H5Cl3O2/c9-6-2-1-3-7(10)5(6)4-13-8(11)12/h1-3H,4H2. The van der Waals surface area contributed by atoms with Crippen molar-refractivity contribution in [2.45, 2.75) is 6.61 Å². The van der Waals surface area contributed by atoms with Gasteiger partial charge in [0.25, 0.3) is 0 Å². The Morgan fingerprint density at radius 3 is 2.31 bits per heavy atom. The molecule has 0 N–H and O–H groups in total. The first kappa shape index (κ1) is 10.6. The van der Waals surface area contributed by atoms with E-state index in [1.54, 1.807) is 18.2 Å². The third-order valence-electron chi connectivity index (χ3n) is 1.39. The SMILES string of the molecule is O=C(Cl)OCc1c(Cl)cccc1Cl. The molecular weight excluding hydrogens is 234 g/mol. The Kier molecular flexibility index (Phi) is 3.85. The topological polar surface area (TPSA) is 26.3 Å². The zero-order valence-corrected chi connectivity index (χ0v) is 8.66. The highest BCUT2D eigenvalue weighted by Gasteiger charge is 2.06. The Balaban J connectivity index is 2.81. The molecule has 13 heavy (non-hydrogen) atoms. The Bertz CT molecular complexity index is 305. The van der Waals surface area contributed by atoms with Crippen molar-refractivity contribution < 1.29 is 9.53 Å². The van der Waals surface area contributed by atoms with E-state index in [1.807, 2.05) is 0 Å². The number of rotatable bonds is 2. The highest BCUT2D eigenvalue weighted by atomic mass is 35.5. The van der Waals surface area contributed by atoms with Crippen LogP contribution in [0.15, 0.2) is 18.2 Å². The van der Waals surface area contributed by atoms with Gasteiger partial charge in [-0.2, -0.15) is 0 Å². The quantitative estimate of drug-likeness (QED) is 0.732. The summed E-state index contributed by atoms with van der Waals surface area (Å²) >= 11 is 16.6. The van der Waals surface area contributed by atoms with E-state index in [9.17, 15) is 4.79 Å². The lowest BCUT2D eigenvalue weighted by molar-refractivity contribution is 0.167. The molecule has 5 heteroatoms. The van der Waals surface area contributed by atoms with Gasteiger partial charge in [0.2, 0.25) is 0 Å². The average Bonchev–Trinajstić information content (AvgIpc) is 2.03. The molecule has 0 unspecified atom stereocenters. The number of benzene rings is 1. The summed E-state index contributed by atoms with van der Waals surface area (Å²) in [7, 11) is 0. The van der Waals surface area contributed by atoms with E-state index >= 15 is 0 Å². The molecule has 0 saturated carbocycles. The van der Waals surface area contributed by atoms with Crippen molar-refractivity contribution in [3.8, 4) is 0 Å². The van der Waals surface area contributed by atoms with Crippen molar-refractivity contribution >= 4 is 40.2 Å². The van der Waals surface area contributed by atoms with Crippen molar-refractivity contribution in [3.05, 3.63) is 33.8 Å². The monoisotopic (exact) mass is 238 g/mol. The second-order valence-corrected chi connectivity index (χ2v) is 3.35. The number of carbonyl (C=O) groups excluding carboxylic acids is 1. The van der Waals surface area contributed by atoms with E-state index in [0.29, 0.717) is 15.6 Å². The van der Waals surface area contributed by atoms with Crippen LogP contribution in [0.25, 0.3) is 0 Å². The van der Waals surface area contributed by atoms with Crippen LogP contribution in [0.5, 0.6) is 0 Å². The van der Waals surface area contributed by atoms with Crippen LogP contribution in [0.3, 0.4) is 0 Å². The summed E-state index contributed by atoms with van der Waals surface area (Å²) in [4.78, 5) is 10.3. The Labute approximate surface area is 90.3 Å². The summed E-state index contributed by atoms with van der Waals surface area (Å²) in [5.74, 6) is 0. The van der Waals surface area contributed by atoms with Gasteiger partial charge in [-0.1, -0.05) is 29.3 Å². The normalized spacial score (nSPS) is 9.77. The van der Waals surface area contributed by atoms with Gasteiger partial charge in [-0.15, -0.1) is 0 Å². The maximum absolute atomic E-state index is 10.3. The van der Waals surface area contributed by atoms with Gasteiger partial charge in [-0.25, -0.2) is 4.79 Å². The van der Waals surface area contributed by atoms with Gasteiger partial charge in [0, 0.05) is 27.2 Å². The molecule has 0 aliphatic carbocycles. The molecule has 0 aromatic heterocycles. The third-order valence-corrected chi connectivity index (χ3v) is 2.21. The van der Waals surface area contributed by atoms with E-state index in [4.69, 9.17) is 34.8 Å². The first-order valence-corrected chi connectivity index (χ1v) is 4.50. The fourth-order valence-corrected chi connectivity index (χ4v) is 1.36. The molecule has 1 rings (SSSR count). The molecule has 0 spiro atoms. The third kappa shape index (κ3) is 3.07. The molecule has 0 aliphatic heterocycles. The number of carbonyl (C=O) groups is 1. The summed E-state index contributed by atoms with van der Waals surface area (Å²) in [6.07, 6.45) is 0. The molecule has 1 aromatic carbocycles. The maximum atomic E-state index is 10.3.